The zero-order chi connectivity index (χ0) is 23.8. The first-order chi connectivity index (χ1) is 15.6. The lowest BCUT2D eigenvalue weighted by molar-refractivity contribution is -0.384. The lowest BCUT2D eigenvalue weighted by Crippen LogP contribution is -2.14. The van der Waals surface area contributed by atoms with Gasteiger partial charge in [0, 0.05) is 28.9 Å². The lowest BCUT2D eigenvalue weighted by atomic mass is 10.2. The number of nitro benzene ring substituents is 1. The highest BCUT2D eigenvalue weighted by Crippen LogP contribution is 2.24. The molecule has 33 heavy (non-hydrogen) atoms. The molecular weight excluding hydrogens is 460 g/mol. The molecule has 4 rings (SSSR count). The van der Waals surface area contributed by atoms with Gasteiger partial charge in [0.05, 0.1) is 15.3 Å². The number of benzene rings is 3. The van der Waals surface area contributed by atoms with Gasteiger partial charge >= 0.3 is 0 Å². The Morgan fingerprint density at radius 3 is 2.33 bits per heavy atom. The van der Waals surface area contributed by atoms with Gasteiger partial charge in [0.15, 0.2) is 17.3 Å². The monoisotopic (exact) mass is 473 g/mol. The lowest BCUT2D eigenvalue weighted by Gasteiger charge is -2.10. The average molecular weight is 473 g/mol. The molecule has 0 radical (unpaired) electrons. The average Bonchev–Trinajstić information content (AvgIpc) is 3.20. The van der Waals surface area contributed by atoms with Gasteiger partial charge in [-0.25, -0.2) is 17.2 Å². The van der Waals surface area contributed by atoms with Gasteiger partial charge in [-0.3, -0.25) is 24.7 Å². The molecule has 0 unspecified atom stereocenters. The normalized spacial score (nSPS) is 11.3. The first kappa shape index (κ1) is 21.8. The van der Waals surface area contributed by atoms with Crippen LogP contribution >= 0.6 is 0 Å². The Balaban J connectivity index is 1.50. The zero-order valence-corrected chi connectivity index (χ0v) is 17.2. The summed E-state index contributed by atoms with van der Waals surface area (Å²) in [7, 11) is -4.17. The molecule has 168 valence electrons. The molecule has 1 heterocycles. The summed E-state index contributed by atoms with van der Waals surface area (Å²) in [6.45, 7) is 0. The predicted molar refractivity (Wildman–Crippen MR) is 114 cm³/mol. The number of rotatable bonds is 6. The largest absolute Gasteiger partial charge is 0.321 e. The number of aromatic amines is 1. The predicted octanol–water partition coefficient (Wildman–Crippen LogP) is 3.80. The van der Waals surface area contributed by atoms with Crippen LogP contribution in [-0.4, -0.2) is 29.4 Å². The minimum absolute atomic E-state index is 0.0585. The van der Waals surface area contributed by atoms with Crippen LogP contribution in [0.3, 0.4) is 0 Å². The summed E-state index contributed by atoms with van der Waals surface area (Å²) >= 11 is 0. The van der Waals surface area contributed by atoms with Gasteiger partial charge in [0.2, 0.25) is 0 Å². The number of non-ortho nitro benzene ring substituents is 1. The second kappa shape index (κ2) is 8.27. The van der Waals surface area contributed by atoms with Gasteiger partial charge in [-0.15, -0.1) is 0 Å². The molecule has 3 aromatic carbocycles. The van der Waals surface area contributed by atoms with E-state index in [1.165, 1.54) is 42.5 Å². The molecule has 1 aromatic heterocycles. The first-order valence-corrected chi connectivity index (χ1v) is 10.6. The Labute approximate surface area is 184 Å². The molecule has 4 aromatic rings. The van der Waals surface area contributed by atoms with E-state index in [-0.39, 0.29) is 28.1 Å². The Hall–Kier alpha value is -4.39. The Kier molecular flexibility index (Phi) is 5.47. The van der Waals surface area contributed by atoms with E-state index in [0.717, 1.165) is 6.07 Å². The summed E-state index contributed by atoms with van der Waals surface area (Å²) in [6.07, 6.45) is 0. The number of hydrogen-bond acceptors (Lipinski definition) is 6. The molecule has 10 nitrogen and oxygen atoms in total. The fourth-order valence-electron chi connectivity index (χ4n) is 2.96. The maximum atomic E-state index is 13.4. The van der Waals surface area contributed by atoms with Crippen molar-refractivity contribution in [1.82, 2.24) is 10.2 Å². The van der Waals surface area contributed by atoms with E-state index in [1.807, 2.05) is 0 Å². The van der Waals surface area contributed by atoms with Crippen LogP contribution in [0.5, 0.6) is 0 Å². The number of nitrogens with zero attached hydrogens (tertiary/aromatic N) is 2. The standard InChI is InChI=1S/C20H13F2N5O5S/c21-16-7-6-14(10-17(16)22)33(31,32)26-12-3-1-11(2-4-12)23-20(28)19-15-9-13(27(29)30)5-8-18(15)24-25-19/h1-10,26H,(H,23,28)(H,24,25). The van der Waals surface area contributed by atoms with Crippen molar-refractivity contribution in [2.45, 2.75) is 4.90 Å². The number of nitrogens with one attached hydrogen (secondary N) is 3. The number of H-pyrrole nitrogens is 1. The fourth-order valence-corrected chi connectivity index (χ4v) is 4.03. The summed E-state index contributed by atoms with van der Waals surface area (Å²) in [5, 5.41) is 20.3. The third-order valence-electron chi connectivity index (χ3n) is 4.57. The van der Waals surface area contributed by atoms with Crippen molar-refractivity contribution < 1.29 is 26.9 Å². The molecule has 1 amide bonds. The van der Waals surface area contributed by atoms with Gasteiger partial charge in [0.25, 0.3) is 21.6 Å². The highest BCUT2D eigenvalue weighted by molar-refractivity contribution is 7.92. The topological polar surface area (TPSA) is 147 Å². The number of nitro groups is 1. The highest BCUT2D eigenvalue weighted by atomic mass is 32.2. The van der Waals surface area contributed by atoms with Crippen molar-refractivity contribution in [2.24, 2.45) is 0 Å². The maximum Gasteiger partial charge on any atom is 0.276 e. The minimum Gasteiger partial charge on any atom is -0.321 e. The van der Waals surface area contributed by atoms with E-state index >= 15 is 0 Å². The van der Waals surface area contributed by atoms with E-state index in [2.05, 4.69) is 20.2 Å². The van der Waals surface area contributed by atoms with Crippen molar-refractivity contribution in [2.75, 3.05) is 10.0 Å². The van der Waals surface area contributed by atoms with Crippen LogP contribution in [0.2, 0.25) is 0 Å². The van der Waals surface area contributed by atoms with Crippen molar-refractivity contribution in [3.8, 4) is 0 Å². The molecule has 13 heteroatoms. The number of sulfonamides is 1. The summed E-state index contributed by atoms with van der Waals surface area (Å²) in [5.41, 5.74) is 0.580. The number of halogens is 2. The number of carbonyl (C=O) groups is 1. The zero-order valence-electron chi connectivity index (χ0n) is 16.4. The summed E-state index contributed by atoms with van der Waals surface area (Å²) in [6, 6.07) is 11.6. The molecule has 0 spiro atoms. The van der Waals surface area contributed by atoms with Crippen LogP contribution < -0.4 is 10.0 Å². The number of amides is 1. The third-order valence-corrected chi connectivity index (χ3v) is 5.95. The second-order valence-corrected chi connectivity index (χ2v) is 8.45. The molecule has 0 aliphatic heterocycles. The smallest absolute Gasteiger partial charge is 0.276 e. The molecule has 0 saturated carbocycles. The first-order valence-electron chi connectivity index (χ1n) is 9.16. The van der Waals surface area contributed by atoms with Gasteiger partial charge in [-0.05, 0) is 48.5 Å². The molecule has 0 aliphatic rings. The Morgan fingerprint density at radius 2 is 1.67 bits per heavy atom. The van der Waals surface area contributed by atoms with E-state index in [9.17, 15) is 32.1 Å². The van der Waals surface area contributed by atoms with Crippen LogP contribution in [0, 0.1) is 21.7 Å². The molecule has 0 atom stereocenters. The quantitative estimate of drug-likeness (QED) is 0.287. The minimum atomic E-state index is -4.17. The van der Waals surface area contributed by atoms with Gasteiger partial charge in [-0.1, -0.05) is 0 Å². The molecule has 0 bridgehead atoms. The van der Waals surface area contributed by atoms with E-state index < -0.39 is 37.4 Å². The summed E-state index contributed by atoms with van der Waals surface area (Å²) < 4.78 is 53.3. The summed E-state index contributed by atoms with van der Waals surface area (Å²) in [5.74, 6) is -3.11. The number of fused-ring (bicyclic) bond motifs is 1. The fraction of sp³-hybridized carbons (Fsp3) is 0. The SMILES string of the molecule is O=C(Nc1ccc(NS(=O)(=O)c2ccc(F)c(F)c2)cc1)c1n[nH]c2ccc([N+](=O)[O-])cc12. The van der Waals surface area contributed by atoms with Crippen LogP contribution in [0.25, 0.3) is 10.9 Å². The number of aromatic nitrogens is 2. The number of anilines is 2. The van der Waals surface area contributed by atoms with Crippen LogP contribution in [-0.2, 0) is 10.0 Å². The maximum absolute atomic E-state index is 13.4. The molecule has 3 N–H and O–H groups in total. The third kappa shape index (κ3) is 4.48. The van der Waals surface area contributed by atoms with Crippen molar-refractivity contribution >= 4 is 43.9 Å². The van der Waals surface area contributed by atoms with E-state index in [1.54, 1.807) is 0 Å². The van der Waals surface area contributed by atoms with Gasteiger partial charge in [-0.2, -0.15) is 5.10 Å². The number of hydrogen-bond donors (Lipinski definition) is 3. The van der Waals surface area contributed by atoms with E-state index in [4.69, 9.17) is 0 Å². The Bertz CT molecular complexity index is 1500. The number of carbonyl (C=O) groups excluding carboxylic acids is 1. The Morgan fingerprint density at radius 1 is 0.970 bits per heavy atom. The van der Waals surface area contributed by atoms with Crippen molar-refractivity contribution in [3.63, 3.8) is 0 Å². The molecular formula is C20H13F2N5O5S. The summed E-state index contributed by atoms with van der Waals surface area (Å²) in [4.78, 5) is 22.5. The van der Waals surface area contributed by atoms with Gasteiger partial charge in [0.1, 0.15) is 0 Å². The second-order valence-electron chi connectivity index (χ2n) is 6.77. The van der Waals surface area contributed by atoms with E-state index in [0.29, 0.717) is 17.6 Å². The van der Waals surface area contributed by atoms with Crippen LogP contribution in [0.4, 0.5) is 25.8 Å². The molecule has 0 fully saturated rings. The van der Waals surface area contributed by atoms with Crippen LogP contribution in [0.15, 0.2) is 65.6 Å². The van der Waals surface area contributed by atoms with Crippen molar-refractivity contribution in [3.05, 3.63) is 88.1 Å². The molecule has 0 aliphatic carbocycles. The molecule has 0 saturated heterocycles. The van der Waals surface area contributed by atoms with Gasteiger partial charge < -0.3 is 5.32 Å². The van der Waals surface area contributed by atoms with Crippen molar-refractivity contribution in [1.29, 1.82) is 0 Å². The highest BCUT2D eigenvalue weighted by Gasteiger charge is 2.19. The van der Waals surface area contributed by atoms with Crippen LogP contribution in [0.1, 0.15) is 10.5 Å².